The minimum absolute atomic E-state index is 0.755. The van der Waals surface area contributed by atoms with Crippen molar-refractivity contribution < 1.29 is 0 Å². The van der Waals surface area contributed by atoms with E-state index in [0.717, 1.165) is 9.21 Å². The van der Waals surface area contributed by atoms with E-state index in [1.54, 1.807) is 6.21 Å². The van der Waals surface area contributed by atoms with Crippen molar-refractivity contribution in [1.29, 1.82) is 0 Å². The van der Waals surface area contributed by atoms with Gasteiger partial charge in [-0.05, 0) is 12.1 Å². The minimum atomic E-state index is 0.755. The highest BCUT2D eigenvalue weighted by atomic mass is 35.5. The summed E-state index contributed by atoms with van der Waals surface area (Å²) in [5.74, 6) is 4.90. The van der Waals surface area contributed by atoms with Crippen molar-refractivity contribution in [3.8, 4) is 0 Å². The SMILES string of the molecule is NN=Cc1ccc(Cl)s1. The lowest BCUT2D eigenvalue weighted by Crippen LogP contribution is -1.80. The van der Waals surface area contributed by atoms with Gasteiger partial charge in [-0.25, -0.2) is 0 Å². The standard InChI is InChI=1S/C5H5ClN2S/c6-5-2-1-4(9-5)3-8-7/h1-3H,7H2. The Morgan fingerprint density at radius 2 is 2.44 bits per heavy atom. The van der Waals surface area contributed by atoms with Crippen LogP contribution in [0.4, 0.5) is 0 Å². The number of hydrogen-bond donors (Lipinski definition) is 1. The molecule has 0 unspecified atom stereocenters. The van der Waals surface area contributed by atoms with E-state index in [-0.39, 0.29) is 0 Å². The lowest BCUT2D eigenvalue weighted by atomic mass is 10.5. The topological polar surface area (TPSA) is 38.4 Å². The molecule has 0 atom stereocenters. The van der Waals surface area contributed by atoms with Gasteiger partial charge >= 0.3 is 0 Å². The van der Waals surface area contributed by atoms with Crippen molar-refractivity contribution in [1.82, 2.24) is 0 Å². The average Bonchev–Trinajstić information content (AvgIpc) is 2.17. The largest absolute Gasteiger partial charge is 0.323 e. The van der Waals surface area contributed by atoms with Crippen LogP contribution in [0.1, 0.15) is 4.88 Å². The average molecular weight is 161 g/mol. The molecule has 0 spiro atoms. The number of hydrogen-bond acceptors (Lipinski definition) is 3. The molecule has 48 valence electrons. The van der Waals surface area contributed by atoms with Gasteiger partial charge in [-0.15, -0.1) is 11.3 Å². The van der Waals surface area contributed by atoms with Crippen molar-refractivity contribution in [3.05, 3.63) is 21.3 Å². The molecule has 0 aliphatic rings. The van der Waals surface area contributed by atoms with E-state index in [1.807, 2.05) is 12.1 Å². The third-order valence-corrected chi connectivity index (χ3v) is 1.96. The fourth-order valence-corrected chi connectivity index (χ4v) is 1.41. The molecule has 0 bridgehead atoms. The van der Waals surface area contributed by atoms with Gasteiger partial charge in [0, 0.05) is 4.88 Å². The number of rotatable bonds is 1. The van der Waals surface area contributed by atoms with Gasteiger partial charge < -0.3 is 5.84 Å². The second kappa shape index (κ2) is 2.85. The van der Waals surface area contributed by atoms with Crippen LogP contribution in [-0.2, 0) is 0 Å². The quantitative estimate of drug-likeness (QED) is 0.379. The van der Waals surface area contributed by atoms with E-state index < -0.39 is 0 Å². The molecule has 0 aromatic carbocycles. The van der Waals surface area contributed by atoms with Crippen molar-refractivity contribution in [2.45, 2.75) is 0 Å². The van der Waals surface area contributed by atoms with Gasteiger partial charge in [0.25, 0.3) is 0 Å². The molecule has 0 aliphatic carbocycles. The molecule has 2 nitrogen and oxygen atoms in total. The lowest BCUT2D eigenvalue weighted by Gasteiger charge is -1.75. The first-order valence-corrected chi connectivity index (χ1v) is 3.51. The minimum Gasteiger partial charge on any atom is -0.323 e. The van der Waals surface area contributed by atoms with Gasteiger partial charge in [0.1, 0.15) is 0 Å². The molecule has 1 aromatic rings. The van der Waals surface area contributed by atoms with Gasteiger partial charge in [0.15, 0.2) is 0 Å². The van der Waals surface area contributed by atoms with Crippen LogP contribution in [0.15, 0.2) is 17.2 Å². The Labute approximate surface area is 61.9 Å². The van der Waals surface area contributed by atoms with Crippen LogP contribution in [0.2, 0.25) is 4.34 Å². The summed E-state index contributed by atoms with van der Waals surface area (Å²) in [5, 5.41) is 3.35. The van der Waals surface area contributed by atoms with E-state index in [4.69, 9.17) is 17.4 Å². The Morgan fingerprint density at radius 3 is 2.89 bits per heavy atom. The molecule has 0 amide bonds. The van der Waals surface area contributed by atoms with E-state index in [9.17, 15) is 0 Å². The van der Waals surface area contributed by atoms with Crippen molar-refractivity contribution in [2.24, 2.45) is 10.9 Å². The Hall–Kier alpha value is -0.540. The fourth-order valence-electron chi connectivity index (χ4n) is 0.471. The highest BCUT2D eigenvalue weighted by Crippen LogP contribution is 2.19. The van der Waals surface area contributed by atoms with E-state index in [2.05, 4.69) is 5.10 Å². The van der Waals surface area contributed by atoms with Gasteiger partial charge in [-0.2, -0.15) is 5.10 Å². The fraction of sp³-hybridized carbons (Fsp3) is 0. The summed E-state index contributed by atoms with van der Waals surface area (Å²) in [7, 11) is 0. The molecule has 0 fully saturated rings. The van der Waals surface area contributed by atoms with Crippen LogP contribution in [0.25, 0.3) is 0 Å². The molecule has 1 aromatic heterocycles. The third kappa shape index (κ3) is 1.69. The lowest BCUT2D eigenvalue weighted by molar-refractivity contribution is 1.27. The summed E-state index contributed by atoms with van der Waals surface area (Å²) < 4.78 is 0.755. The van der Waals surface area contributed by atoms with Gasteiger partial charge in [0.2, 0.25) is 0 Å². The molecule has 1 rings (SSSR count). The van der Waals surface area contributed by atoms with Crippen molar-refractivity contribution in [3.63, 3.8) is 0 Å². The van der Waals surface area contributed by atoms with Gasteiger partial charge in [0.05, 0.1) is 10.6 Å². The number of halogens is 1. The van der Waals surface area contributed by atoms with Crippen LogP contribution in [0.3, 0.4) is 0 Å². The van der Waals surface area contributed by atoms with Crippen molar-refractivity contribution in [2.75, 3.05) is 0 Å². The smallest absolute Gasteiger partial charge is 0.0935 e. The molecule has 2 N–H and O–H groups in total. The maximum absolute atomic E-state index is 5.61. The highest BCUT2D eigenvalue weighted by molar-refractivity contribution is 7.17. The molecule has 0 radical (unpaired) electrons. The zero-order valence-electron chi connectivity index (χ0n) is 4.54. The maximum atomic E-state index is 5.61. The summed E-state index contributed by atoms with van der Waals surface area (Å²) in [5.41, 5.74) is 0. The summed E-state index contributed by atoms with van der Waals surface area (Å²) in [6, 6.07) is 3.67. The predicted molar refractivity (Wildman–Crippen MR) is 41.1 cm³/mol. The predicted octanol–water partition coefficient (Wildman–Crippen LogP) is 1.69. The first kappa shape index (κ1) is 6.58. The first-order chi connectivity index (χ1) is 4.33. The van der Waals surface area contributed by atoms with Crippen LogP contribution in [0, 0.1) is 0 Å². The Bertz CT molecular complexity index is 218. The Balaban J connectivity index is 2.85. The monoisotopic (exact) mass is 160 g/mol. The van der Waals surface area contributed by atoms with E-state index >= 15 is 0 Å². The zero-order valence-corrected chi connectivity index (χ0v) is 6.12. The summed E-state index contributed by atoms with van der Waals surface area (Å²) in [4.78, 5) is 0.975. The highest BCUT2D eigenvalue weighted by Gasteiger charge is 1.91. The molecular weight excluding hydrogens is 156 g/mol. The normalized spacial score (nSPS) is 10.8. The first-order valence-electron chi connectivity index (χ1n) is 2.31. The molecule has 4 heteroatoms. The number of hydrazone groups is 1. The maximum Gasteiger partial charge on any atom is 0.0935 e. The molecule has 0 aliphatic heterocycles. The summed E-state index contributed by atoms with van der Waals surface area (Å²) in [6.07, 6.45) is 1.57. The molecular formula is C5H5ClN2S. The summed E-state index contributed by atoms with van der Waals surface area (Å²) >= 11 is 7.06. The van der Waals surface area contributed by atoms with Gasteiger partial charge in [-0.1, -0.05) is 11.6 Å². The molecule has 0 saturated heterocycles. The molecule has 0 saturated carbocycles. The van der Waals surface area contributed by atoms with Crippen LogP contribution >= 0.6 is 22.9 Å². The third-order valence-electron chi connectivity index (χ3n) is 0.796. The second-order valence-electron chi connectivity index (χ2n) is 1.42. The molecule has 1 heterocycles. The second-order valence-corrected chi connectivity index (χ2v) is 3.17. The molecule has 9 heavy (non-hydrogen) atoms. The number of nitrogens with two attached hydrogens (primary N) is 1. The van der Waals surface area contributed by atoms with Crippen LogP contribution in [0.5, 0.6) is 0 Å². The van der Waals surface area contributed by atoms with Crippen LogP contribution < -0.4 is 5.84 Å². The zero-order chi connectivity index (χ0) is 6.69. The number of thiophene rings is 1. The Kier molecular flexibility index (Phi) is 2.08. The van der Waals surface area contributed by atoms with Crippen LogP contribution in [-0.4, -0.2) is 6.21 Å². The number of nitrogens with zero attached hydrogens (tertiary/aromatic N) is 1. The Morgan fingerprint density at radius 1 is 1.67 bits per heavy atom. The van der Waals surface area contributed by atoms with Gasteiger partial charge in [-0.3, -0.25) is 0 Å². The van der Waals surface area contributed by atoms with E-state index in [1.165, 1.54) is 11.3 Å². The van der Waals surface area contributed by atoms with Crippen molar-refractivity contribution >= 4 is 29.2 Å². The van der Waals surface area contributed by atoms with E-state index in [0.29, 0.717) is 0 Å². The summed E-state index contributed by atoms with van der Waals surface area (Å²) in [6.45, 7) is 0.